The van der Waals surface area contributed by atoms with E-state index in [1.54, 1.807) is 0 Å². The SMILES string of the molecule is CCCCCCCCCCCCCCCCCCCCCCCCCCC(=O)OCC(COC(=O)CCCCCCCCCCC)OC(=O)CCCCCCCCCCCCCCCCCCCCCCCC. The summed E-state index contributed by atoms with van der Waals surface area (Å²) < 4.78 is 16.9. The Morgan fingerprint density at radius 2 is 0.370 bits per heavy atom. The van der Waals surface area contributed by atoms with Crippen molar-refractivity contribution in [1.29, 1.82) is 0 Å². The molecular weight excluding hydrogens is 901 g/mol. The van der Waals surface area contributed by atoms with Crippen molar-refractivity contribution in [3.8, 4) is 0 Å². The lowest BCUT2D eigenvalue weighted by Gasteiger charge is -2.18. The highest BCUT2D eigenvalue weighted by Gasteiger charge is 2.19. The largest absolute Gasteiger partial charge is 0.462 e. The van der Waals surface area contributed by atoms with Crippen LogP contribution in [-0.4, -0.2) is 37.2 Å². The predicted molar refractivity (Wildman–Crippen MR) is 317 cm³/mol. The molecule has 0 rings (SSSR count). The van der Waals surface area contributed by atoms with E-state index in [0.29, 0.717) is 19.3 Å². The third-order valence-electron chi connectivity index (χ3n) is 15.6. The standard InChI is InChI=1S/C67H130O6/c1-4-7-10-13-16-19-21-23-25-27-29-31-33-34-36-37-39-41-43-45-48-51-54-57-60-66(69)72-63-64(62-71-65(68)59-56-53-50-47-18-15-12-9-6-3)73-67(70)61-58-55-52-49-46-44-42-40-38-35-32-30-28-26-24-22-20-17-14-11-8-5-2/h64H,4-63H2,1-3H3. The minimum Gasteiger partial charge on any atom is -0.462 e. The van der Waals surface area contributed by atoms with Crippen LogP contribution < -0.4 is 0 Å². The fraction of sp³-hybridized carbons (Fsp3) is 0.955. The topological polar surface area (TPSA) is 78.9 Å². The van der Waals surface area contributed by atoms with Gasteiger partial charge in [-0.05, 0) is 19.3 Å². The molecule has 0 saturated heterocycles. The summed E-state index contributed by atoms with van der Waals surface area (Å²) in [4.78, 5) is 38.2. The van der Waals surface area contributed by atoms with Crippen LogP contribution in [0.1, 0.15) is 393 Å². The summed E-state index contributed by atoms with van der Waals surface area (Å²) in [5.41, 5.74) is 0. The van der Waals surface area contributed by atoms with Crippen molar-refractivity contribution in [2.45, 2.75) is 399 Å². The lowest BCUT2D eigenvalue weighted by Crippen LogP contribution is -2.30. The molecule has 434 valence electrons. The number of hydrogen-bond donors (Lipinski definition) is 0. The molecule has 1 unspecified atom stereocenters. The Morgan fingerprint density at radius 1 is 0.219 bits per heavy atom. The molecule has 0 aliphatic rings. The van der Waals surface area contributed by atoms with E-state index in [-0.39, 0.29) is 31.1 Å². The van der Waals surface area contributed by atoms with Crippen LogP contribution in [0, 0.1) is 0 Å². The fourth-order valence-electron chi connectivity index (χ4n) is 10.6. The Hall–Kier alpha value is -1.59. The van der Waals surface area contributed by atoms with Gasteiger partial charge in [0.2, 0.25) is 0 Å². The summed E-state index contributed by atoms with van der Waals surface area (Å²) in [6, 6.07) is 0. The smallest absolute Gasteiger partial charge is 0.306 e. The molecule has 0 spiro atoms. The van der Waals surface area contributed by atoms with Crippen LogP contribution in [0.4, 0.5) is 0 Å². The summed E-state index contributed by atoms with van der Waals surface area (Å²) in [7, 11) is 0. The third-order valence-corrected chi connectivity index (χ3v) is 15.6. The van der Waals surface area contributed by atoms with Crippen molar-refractivity contribution >= 4 is 17.9 Å². The maximum Gasteiger partial charge on any atom is 0.306 e. The van der Waals surface area contributed by atoms with Crippen molar-refractivity contribution in [3.05, 3.63) is 0 Å². The molecule has 0 N–H and O–H groups in total. The number of carbonyl (C=O) groups excluding carboxylic acids is 3. The summed E-state index contributed by atoms with van der Waals surface area (Å²) in [5.74, 6) is -0.829. The number of carbonyl (C=O) groups is 3. The van der Waals surface area contributed by atoms with Crippen molar-refractivity contribution < 1.29 is 28.6 Å². The van der Waals surface area contributed by atoms with Crippen LogP contribution in [0.2, 0.25) is 0 Å². The molecule has 0 amide bonds. The van der Waals surface area contributed by atoms with E-state index >= 15 is 0 Å². The van der Waals surface area contributed by atoms with Gasteiger partial charge in [0, 0.05) is 19.3 Å². The lowest BCUT2D eigenvalue weighted by molar-refractivity contribution is -0.167. The van der Waals surface area contributed by atoms with E-state index < -0.39 is 6.10 Å². The fourth-order valence-corrected chi connectivity index (χ4v) is 10.6. The Bertz CT molecular complexity index is 1090. The zero-order valence-corrected chi connectivity index (χ0v) is 50.0. The number of hydrogen-bond acceptors (Lipinski definition) is 6. The molecule has 6 nitrogen and oxygen atoms in total. The molecule has 0 heterocycles. The molecule has 0 aromatic heterocycles. The zero-order chi connectivity index (χ0) is 52.9. The van der Waals surface area contributed by atoms with Crippen LogP contribution in [0.25, 0.3) is 0 Å². The molecular formula is C67H130O6. The normalized spacial score (nSPS) is 11.9. The first-order valence-corrected chi connectivity index (χ1v) is 33.5. The zero-order valence-electron chi connectivity index (χ0n) is 50.0. The molecule has 0 aromatic carbocycles. The van der Waals surface area contributed by atoms with E-state index in [4.69, 9.17) is 14.2 Å². The first-order chi connectivity index (χ1) is 36.0. The molecule has 0 aliphatic carbocycles. The lowest BCUT2D eigenvalue weighted by atomic mass is 10.0. The van der Waals surface area contributed by atoms with E-state index in [1.165, 1.54) is 295 Å². The number of esters is 3. The number of ether oxygens (including phenoxy) is 3. The molecule has 0 radical (unpaired) electrons. The highest BCUT2D eigenvalue weighted by atomic mass is 16.6. The maximum absolute atomic E-state index is 12.9. The van der Waals surface area contributed by atoms with Gasteiger partial charge >= 0.3 is 17.9 Å². The Labute approximate surface area is 457 Å². The Kier molecular flexibility index (Phi) is 61.6. The van der Waals surface area contributed by atoms with Gasteiger partial charge in [-0.1, -0.05) is 355 Å². The summed E-state index contributed by atoms with van der Waals surface area (Å²) in [6.45, 7) is 6.71. The molecule has 0 aliphatic heterocycles. The number of unbranched alkanes of at least 4 members (excludes halogenated alkanes) is 52. The van der Waals surface area contributed by atoms with Crippen LogP contribution in [0.15, 0.2) is 0 Å². The van der Waals surface area contributed by atoms with Gasteiger partial charge < -0.3 is 14.2 Å². The van der Waals surface area contributed by atoms with E-state index in [0.717, 1.165) is 57.8 Å². The monoisotopic (exact) mass is 1030 g/mol. The van der Waals surface area contributed by atoms with Crippen LogP contribution >= 0.6 is 0 Å². The van der Waals surface area contributed by atoms with Gasteiger partial charge in [-0.2, -0.15) is 0 Å². The van der Waals surface area contributed by atoms with Gasteiger partial charge in [0.1, 0.15) is 13.2 Å². The molecule has 73 heavy (non-hydrogen) atoms. The molecule has 0 saturated carbocycles. The van der Waals surface area contributed by atoms with Crippen LogP contribution in [-0.2, 0) is 28.6 Å². The van der Waals surface area contributed by atoms with Gasteiger partial charge in [0.05, 0.1) is 0 Å². The first kappa shape index (κ1) is 71.4. The maximum atomic E-state index is 12.9. The summed E-state index contributed by atoms with van der Waals surface area (Å²) >= 11 is 0. The Balaban J connectivity index is 4.10. The van der Waals surface area contributed by atoms with Crippen LogP contribution in [0.3, 0.4) is 0 Å². The van der Waals surface area contributed by atoms with Gasteiger partial charge in [0.15, 0.2) is 6.10 Å². The average Bonchev–Trinajstić information content (AvgIpc) is 3.39. The van der Waals surface area contributed by atoms with Crippen molar-refractivity contribution in [2.75, 3.05) is 13.2 Å². The molecule has 0 aromatic rings. The Morgan fingerprint density at radius 3 is 0.548 bits per heavy atom. The van der Waals surface area contributed by atoms with Gasteiger partial charge in [-0.25, -0.2) is 0 Å². The highest BCUT2D eigenvalue weighted by molar-refractivity contribution is 5.71. The quantitative estimate of drug-likeness (QED) is 0.0343. The van der Waals surface area contributed by atoms with E-state index in [2.05, 4.69) is 20.8 Å². The average molecular weight is 1030 g/mol. The second kappa shape index (κ2) is 62.9. The predicted octanol–water partition coefficient (Wildman–Crippen LogP) is 22.7. The summed E-state index contributed by atoms with van der Waals surface area (Å²) in [6.07, 6.45) is 72.8. The van der Waals surface area contributed by atoms with E-state index in [9.17, 15) is 14.4 Å². The second-order valence-corrected chi connectivity index (χ2v) is 23.1. The van der Waals surface area contributed by atoms with Crippen molar-refractivity contribution in [2.24, 2.45) is 0 Å². The van der Waals surface area contributed by atoms with E-state index in [1.807, 2.05) is 0 Å². The summed E-state index contributed by atoms with van der Waals surface area (Å²) in [5, 5.41) is 0. The van der Waals surface area contributed by atoms with Crippen molar-refractivity contribution in [1.82, 2.24) is 0 Å². The molecule has 1 atom stereocenters. The van der Waals surface area contributed by atoms with Gasteiger partial charge in [-0.15, -0.1) is 0 Å². The second-order valence-electron chi connectivity index (χ2n) is 23.1. The molecule has 0 fully saturated rings. The minimum absolute atomic E-state index is 0.0609. The highest BCUT2D eigenvalue weighted by Crippen LogP contribution is 2.19. The first-order valence-electron chi connectivity index (χ1n) is 33.5. The molecule has 0 bridgehead atoms. The third kappa shape index (κ3) is 61.1. The van der Waals surface area contributed by atoms with Gasteiger partial charge in [-0.3, -0.25) is 14.4 Å². The van der Waals surface area contributed by atoms with Crippen LogP contribution in [0.5, 0.6) is 0 Å². The van der Waals surface area contributed by atoms with Gasteiger partial charge in [0.25, 0.3) is 0 Å². The number of rotatable bonds is 63. The molecule has 6 heteroatoms. The minimum atomic E-state index is -0.762. The van der Waals surface area contributed by atoms with Crippen molar-refractivity contribution in [3.63, 3.8) is 0 Å².